The molecule has 0 amide bonds. The number of hydrogen-bond acceptors (Lipinski definition) is 0. The lowest BCUT2D eigenvalue weighted by molar-refractivity contribution is 0.459. The van der Waals surface area contributed by atoms with Crippen LogP contribution >= 0.6 is 11.6 Å². The van der Waals surface area contributed by atoms with Gasteiger partial charge in [-0.05, 0) is 18.8 Å². The van der Waals surface area contributed by atoms with Crippen molar-refractivity contribution in [2.24, 2.45) is 5.92 Å². The fourth-order valence-electron chi connectivity index (χ4n) is 1.65. The molecule has 0 N–H and O–H groups in total. The summed E-state index contributed by atoms with van der Waals surface area (Å²) < 4.78 is 0. The van der Waals surface area contributed by atoms with Gasteiger partial charge in [0.05, 0.1) is 0 Å². The Morgan fingerprint density at radius 3 is 2.15 bits per heavy atom. The second-order valence-corrected chi connectivity index (χ2v) is 4.66. The summed E-state index contributed by atoms with van der Waals surface area (Å²) >= 11 is 6.16. The van der Waals surface area contributed by atoms with Gasteiger partial charge in [0.2, 0.25) is 0 Å². The van der Waals surface area contributed by atoms with Crippen LogP contribution in [0.1, 0.15) is 65.7 Å². The Bertz CT molecular complexity index is 101. The van der Waals surface area contributed by atoms with Crippen molar-refractivity contribution in [3.8, 4) is 0 Å². The molecule has 0 saturated carbocycles. The van der Waals surface area contributed by atoms with Gasteiger partial charge >= 0.3 is 0 Å². The maximum absolute atomic E-state index is 6.16. The van der Waals surface area contributed by atoms with E-state index in [0.717, 1.165) is 6.42 Å². The van der Waals surface area contributed by atoms with E-state index < -0.39 is 0 Å². The van der Waals surface area contributed by atoms with E-state index in [-0.39, 0.29) is 0 Å². The van der Waals surface area contributed by atoms with Gasteiger partial charge in [0.1, 0.15) is 0 Å². The minimum atomic E-state index is 0.395. The zero-order chi connectivity index (χ0) is 10.1. The van der Waals surface area contributed by atoms with Gasteiger partial charge in [0.15, 0.2) is 0 Å². The van der Waals surface area contributed by atoms with Crippen molar-refractivity contribution in [1.82, 2.24) is 0 Å². The lowest BCUT2D eigenvalue weighted by Gasteiger charge is -2.15. The molecule has 0 nitrogen and oxygen atoms in total. The van der Waals surface area contributed by atoms with Crippen LogP contribution < -0.4 is 0 Å². The molecular weight excluding hydrogens is 180 g/mol. The smallest absolute Gasteiger partial charge is 0.0359 e. The quantitative estimate of drug-likeness (QED) is 0.386. The number of unbranched alkanes of at least 4 members (excludes halogenated alkanes) is 4. The summed E-state index contributed by atoms with van der Waals surface area (Å²) in [5.41, 5.74) is 0. The van der Waals surface area contributed by atoms with Crippen molar-refractivity contribution in [3.63, 3.8) is 0 Å². The average molecular weight is 205 g/mol. The molecule has 0 aliphatic rings. The van der Waals surface area contributed by atoms with Gasteiger partial charge in [-0.1, -0.05) is 52.9 Å². The van der Waals surface area contributed by atoms with Crippen LogP contribution in [-0.4, -0.2) is 5.38 Å². The molecule has 1 heteroatoms. The molecule has 0 aliphatic carbocycles. The highest BCUT2D eigenvalue weighted by Gasteiger charge is 2.10. The van der Waals surface area contributed by atoms with Crippen molar-refractivity contribution in [2.45, 2.75) is 71.1 Å². The highest BCUT2D eigenvalue weighted by molar-refractivity contribution is 6.20. The molecule has 0 radical (unpaired) electrons. The molecule has 0 bridgehead atoms. The zero-order valence-electron chi connectivity index (χ0n) is 9.48. The SMILES string of the molecule is CCCCCCCC(C)C(Cl)CC. The van der Waals surface area contributed by atoms with Gasteiger partial charge in [-0.2, -0.15) is 0 Å². The topological polar surface area (TPSA) is 0 Å². The van der Waals surface area contributed by atoms with Crippen LogP contribution in [0.3, 0.4) is 0 Å². The molecule has 0 spiro atoms. The Morgan fingerprint density at radius 1 is 1.00 bits per heavy atom. The van der Waals surface area contributed by atoms with E-state index in [4.69, 9.17) is 11.6 Å². The van der Waals surface area contributed by atoms with Crippen molar-refractivity contribution < 1.29 is 0 Å². The normalized spacial score (nSPS) is 15.7. The number of hydrogen-bond donors (Lipinski definition) is 0. The van der Waals surface area contributed by atoms with E-state index in [9.17, 15) is 0 Å². The molecule has 2 unspecified atom stereocenters. The standard InChI is InChI=1S/C12H25Cl/c1-4-6-7-8-9-10-11(3)12(13)5-2/h11-12H,4-10H2,1-3H3. The summed E-state index contributed by atoms with van der Waals surface area (Å²) in [6.07, 6.45) is 9.32. The van der Waals surface area contributed by atoms with Crippen LogP contribution in [0.5, 0.6) is 0 Å². The summed E-state index contributed by atoms with van der Waals surface area (Å²) in [6, 6.07) is 0. The number of halogens is 1. The fraction of sp³-hybridized carbons (Fsp3) is 1.00. The van der Waals surface area contributed by atoms with Gasteiger partial charge in [0, 0.05) is 5.38 Å². The number of alkyl halides is 1. The molecule has 0 heterocycles. The molecular formula is C12H25Cl. The highest BCUT2D eigenvalue weighted by Crippen LogP contribution is 2.20. The van der Waals surface area contributed by atoms with Gasteiger partial charge in [0.25, 0.3) is 0 Å². The van der Waals surface area contributed by atoms with E-state index in [0.29, 0.717) is 11.3 Å². The first-order valence-electron chi connectivity index (χ1n) is 5.86. The van der Waals surface area contributed by atoms with Crippen molar-refractivity contribution in [3.05, 3.63) is 0 Å². The monoisotopic (exact) mass is 204 g/mol. The summed E-state index contributed by atoms with van der Waals surface area (Å²) in [6.45, 7) is 6.71. The summed E-state index contributed by atoms with van der Waals surface area (Å²) in [7, 11) is 0. The third-order valence-electron chi connectivity index (χ3n) is 2.77. The summed E-state index contributed by atoms with van der Waals surface area (Å²) in [4.78, 5) is 0. The summed E-state index contributed by atoms with van der Waals surface area (Å²) in [5, 5.41) is 0.395. The zero-order valence-corrected chi connectivity index (χ0v) is 10.2. The largest absolute Gasteiger partial charge is 0.123 e. The van der Waals surface area contributed by atoms with Gasteiger partial charge in [-0.15, -0.1) is 11.6 Å². The Labute approximate surface area is 89.1 Å². The van der Waals surface area contributed by atoms with Crippen LogP contribution in [0.15, 0.2) is 0 Å². The molecule has 13 heavy (non-hydrogen) atoms. The van der Waals surface area contributed by atoms with Gasteiger partial charge in [-0.3, -0.25) is 0 Å². The van der Waals surface area contributed by atoms with Crippen molar-refractivity contribution >= 4 is 11.6 Å². The number of rotatable bonds is 8. The third kappa shape index (κ3) is 7.37. The average Bonchev–Trinajstić information content (AvgIpc) is 2.16. The first-order chi connectivity index (χ1) is 6.22. The molecule has 0 fully saturated rings. The van der Waals surface area contributed by atoms with Crippen LogP contribution in [0.4, 0.5) is 0 Å². The molecule has 2 atom stereocenters. The molecule has 0 saturated heterocycles. The maximum atomic E-state index is 6.16. The predicted molar refractivity (Wildman–Crippen MR) is 62.5 cm³/mol. The molecule has 0 aliphatic heterocycles. The Morgan fingerprint density at radius 2 is 1.62 bits per heavy atom. The molecule has 0 aromatic carbocycles. The van der Waals surface area contributed by atoms with Crippen LogP contribution in [0.25, 0.3) is 0 Å². The lowest BCUT2D eigenvalue weighted by Crippen LogP contribution is -2.09. The fourth-order valence-corrected chi connectivity index (χ4v) is 1.78. The van der Waals surface area contributed by atoms with Crippen LogP contribution in [0, 0.1) is 5.92 Å². The van der Waals surface area contributed by atoms with Gasteiger partial charge < -0.3 is 0 Å². The minimum absolute atomic E-state index is 0.395. The maximum Gasteiger partial charge on any atom is 0.0359 e. The van der Waals surface area contributed by atoms with E-state index in [1.54, 1.807) is 0 Å². The van der Waals surface area contributed by atoms with E-state index >= 15 is 0 Å². The third-order valence-corrected chi connectivity index (χ3v) is 3.51. The highest BCUT2D eigenvalue weighted by atomic mass is 35.5. The lowest BCUT2D eigenvalue weighted by atomic mass is 9.97. The van der Waals surface area contributed by atoms with Crippen LogP contribution in [0.2, 0.25) is 0 Å². The summed E-state index contributed by atoms with van der Waals surface area (Å²) in [5.74, 6) is 0.702. The molecule has 0 aromatic rings. The second kappa shape index (κ2) is 8.87. The van der Waals surface area contributed by atoms with Gasteiger partial charge in [-0.25, -0.2) is 0 Å². The first-order valence-corrected chi connectivity index (χ1v) is 6.30. The molecule has 0 rings (SSSR count). The molecule has 80 valence electrons. The second-order valence-electron chi connectivity index (χ2n) is 4.10. The Balaban J connectivity index is 3.21. The minimum Gasteiger partial charge on any atom is -0.123 e. The van der Waals surface area contributed by atoms with E-state index in [2.05, 4.69) is 20.8 Å². The van der Waals surface area contributed by atoms with E-state index in [1.807, 2.05) is 0 Å². The van der Waals surface area contributed by atoms with Crippen LogP contribution in [-0.2, 0) is 0 Å². The van der Waals surface area contributed by atoms with Crippen molar-refractivity contribution in [1.29, 1.82) is 0 Å². The first kappa shape index (κ1) is 13.3. The Hall–Kier alpha value is 0.290. The van der Waals surface area contributed by atoms with E-state index in [1.165, 1.54) is 38.5 Å². The molecule has 0 aromatic heterocycles. The van der Waals surface area contributed by atoms with Crippen molar-refractivity contribution in [2.75, 3.05) is 0 Å². The predicted octanol–water partition coefficient (Wildman–Crippen LogP) is 5.00. The Kier molecular flexibility index (Phi) is 9.07.